The summed E-state index contributed by atoms with van der Waals surface area (Å²) in [6, 6.07) is 5.91. The first-order chi connectivity index (χ1) is 6.83. The number of aliphatic hydroxyl groups excluding tert-OH is 1. The molecular weight excluding hydrogens is 176 g/mol. The Hall–Kier alpha value is -1.28. The second kappa shape index (κ2) is 3.84. The molecule has 74 valence electrons. The van der Waals surface area contributed by atoms with Gasteiger partial charge in [-0.25, -0.2) is 0 Å². The summed E-state index contributed by atoms with van der Waals surface area (Å²) in [6.07, 6.45) is 4.33. The number of hydrogen-bond acceptors (Lipinski definition) is 2. The van der Waals surface area contributed by atoms with E-state index in [1.165, 1.54) is 5.56 Å². The Balaban J connectivity index is 2.14. The van der Waals surface area contributed by atoms with Crippen LogP contribution in [-0.4, -0.2) is 11.7 Å². The maximum Gasteiger partial charge on any atom is 0.125 e. The largest absolute Gasteiger partial charge is 0.489 e. The molecular formula is C12H14O2. The summed E-state index contributed by atoms with van der Waals surface area (Å²) in [6.45, 7) is 2.53. The molecule has 2 rings (SSSR count). The van der Waals surface area contributed by atoms with E-state index in [1.807, 2.05) is 37.3 Å². The van der Waals surface area contributed by atoms with Gasteiger partial charge < -0.3 is 9.84 Å². The minimum absolute atomic E-state index is 0.327. The van der Waals surface area contributed by atoms with E-state index in [-0.39, 0.29) is 6.10 Å². The van der Waals surface area contributed by atoms with Gasteiger partial charge in [0.2, 0.25) is 0 Å². The van der Waals surface area contributed by atoms with Crippen molar-refractivity contribution in [1.82, 2.24) is 0 Å². The van der Waals surface area contributed by atoms with Crippen molar-refractivity contribution in [2.24, 2.45) is 0 Å². The summed E-state index contributed by atoms with van der Waals surface area (Å²) in [7, 11) is 0. The monoisotopic (exact) mass is 190 g/mol. The molecule has 2 heteroatoms. The SMILES string of the molecule is C/C=C/COc1cccc2c1C(O)C2. The van der Waals surface area contributed by atoms with Crippen LogP contribution in [0.1, 0.15) is 24.2 Å². The van der Waals surface area contributed by atoms with Crippen molar-refractivity contribution in [1.29, 1.82) is 0 Å². The predicted octanol–water partition coefficient (Wildman–Crippen LogP) is 2.23. The van der Waals surface area contributed by atoms with Gasteiger partial charge in [-0.1, -0.05) is 24.3 Å². The smallest absolute Gasteiger partial charge is 0.125 e. The van der Waals surface area contributed by atoms with Gasteiger partial charge in [-0.2, -0.15) is 0 Å². The number of hydrogen-bond donors (Lipinski definition) is 1. The summed E-state index contributed by atoms with van der Waals surface area (Å²) in [5.41, 5.74) is 2.17. The molecule has 1 N–H and O–H groups in total. The average Bonchev–Trinajstić information content (AvgIpc) is 2.16. The van der Waals surface area contributed by atoms with Crippen LogP contribution in [0.25, 0.3) is 0 Å². The lowest BCUT2D eigenvalue weighted by molar-refractivity contribution is 0.147. The molecule has 0 bridgehead atoms. The van der Waals surface area contributed by atoms with Crippen LogP contribution in [0, 0.1) is 0 Å². The van der Waals surface area contributed by atoms with E-state index < -0.39 is 0 Å². The van der Waals surface area contributed by atoms with Crippen molar-refractivity contribution in [2.75, 3.05) is 6.61 Å². The van der Waals surface area contributed by atoms with Gasteiger partial charge in [-0.15, -0.1) is 0 Å². The maximum absolute atomic E-state index is 9.54. The number of fused-ring (bicyclic) bond motifs is 1. The molecule has 0 fully saturated rings. The molecule has 0 saturated heterocycles. The van der Waals surface area contributed by atoms with Crippen LogP contribution in [0.3, 0.4) is 0 Å². The van der Waals surface area contributed by atoms with Gasteiger partial charge >= 0.3 is 0 Å². The summed E-state index contributed by atoms with van der Waals surface area (Å²) >= 11 is 0. The standard InChI is InChI=1S/C12H14O2/c1-2-3-7-14-11-6-4-5-9-8-10(13)12(9)11/h2-6,10,13H,7-8H2,1H3/b3-2+. The lowest BCUT2D eigenvalue weighted by Crippen LogP contribution is -2.18. The van der Waals surface area contributed by atoms with Crippen LogP contribution in [0.4, 0.5) is 0 Å². The fourth-order valence-electron chi connectivity index (χ4n) is 1.68. The molecule has 1 aliphatic carbocycles. The highest BCUT2D eigenvalue weighted by molar-refractivity contribution is 5.48. The minimum atomic E-state index is -0.327. The third-order valence-corrected chi connectivity index (χ3v) is 2.47. The van der Waals surface area contributed by atoms with Crippen LogP contribution in [0.15, 0.2) is 30.4 Å². The van der Waals surface area contributed by atoms with Crippen molar-refractivity contribution < 1.29 is 9.84 Å². The van der Waals surface area contributed by atoms with E-state index in [2.05, 4.69) is 0 Å². The molecule has 1 aromatic rings. The van der Waals surface area contributed by atoms with Crippen LogP contribution in [0.2, 0.25) is 0 Å². The Morgan fingerprint density at radius 1 is 1.57 bits per heavy atom. The first-order valence-corrected chi connectivity index (χ1v) is 4.86. The normalized spacial score (nSPS) is 19.1. The molecule has 0 heterocycles. The molecule has 1 atom stereocenters. The molecule has 0 amide bonds. The summed E-state index contributed by atoms with van der Waals surface area (Å²) in [5.74, 6) is 0.819. The Labute approximate surface area is 83.8 Å². The summed E-state index contributed by atoms with van der Waals surface area (Å²) < 4.78 is 5.53. The van der Waals surface area contributed by atoms with Crippen molar-refractivity contribution in [3.8, 4) is 5.75 Å². The maximum atomic E-state index is 9.54. The molecule has 1 unspecified atom stereocenters. The molecule has 0 spiro atoms. The first kappa shape index (κ1) is 9.28. The number of allylic oxidation sites excluding steroid dienone is 1. The molecule has 0 saturated carbocycles. The van der Waals surface area contributed by atoms with Gasteiger partial charge in [0, 0.05) is 12.0 Å². The third kappa shape index (κ3) is 1.53. The minimum Gasteiger partial charge on any atom is -0.489 e. The zero-order valence-electron chi connectivity index (χ0n) is 8.23. The Morgan fingerprint density at radius 3 is 3.14 bits per heavy atom. The third-order valence-electron chi connectivity index (χ3n) is 2.47. The van der Waals surface area contributed by atoms with Crippen LogP contribution < -0.4 is 4.74 Å². The molecule has 1 aromatic carbocycles. The Morgan fingerprint density at radius 2 is 2.43 bits per heavy atom. The fourth-order valence-corrected chi connectivity index (χ4v) is 1.68. The molecule has 0 radical (unpaired) electrons. The van der Waals surface area contributed by atoms with E-state index in [9.17, 15) is 5.11 Å². The second-order valence-electron chi connectivity index (χ2n) is 3.43. The van der Waals surface area contributed by atoms with Crippen molar-refractivity contribution >= 4 is 0 Å². The molecule has 2 nitrogen and oxygen atoms in total. The summed E-state index contributed by atoms with van der Waals surface area (Å²) in [4.78, 5) is 0. The lowest BCUT2D eigenvalue weighted by Gasteiger charge is -2.27. The van der Waals surface area contributed by atoms with Crippen LogP contribution >= 0.6 is 0 Å². The molecule has 0 aliphatic heterocycles. The van der Waals surface area contributed by atoms with E-state index >= 15 is 0 Å². The highest BCUT2D eigenvalue weighted by atomic mass is 16.5. The second-order valence-corrected chi connectivity index (χ2v) is 3.43. The van der Waals surface area contributed by atoms with Crippen molar-refractivity contribution in [2.45, 2.75) is 19.4 Å². The van der Waals surface area contributed by atoms with Gasteiger partial charge in [-0.05, 0) is 18.6 Å². The van der Waals surface area contributed by atoms with Crippen LogP contribution in [-0.2, 0) is 6.42 Å². The topological polar surface area (TPSA) is 29.5 Å². The van der Waals surface area contributed by atoms with Gasteiger partial charge in [0.25, 0.3) is 0 Å². The average molecular weight is 190 g/mol. The molecule has 1 aliphatic rings. The lowest BCUT2D eigenvalue weighted by atomic mass is 9.85. The number of ether oxygens (including phenoxy) is 1. The quantitative estimate of drug-likeness (QED) is 0.740. The van der Waals surface area contributed by atoms with E-state index in [0.717, 1.165) is 17.7 Å². The van der Waals surface area contributed by atoms with E-state index in [1.54, 1.807) is 0 Å². The number of aliphatic hydroxyl groups is 1. The van der Waals surface area contributed by atoms with Crippen LogP contribution in [0.5, 0.6) is 5.75 Å². The van der Waals surface area contributed by atoms with Gasteiger partial charge in [0.15, 0.2) is 0 Å². The zero-order valence-corrected chi connectivity index (χ0v) is 8.23. The Kier molecular flexibility index (Phi) is 2.55. The highest BCUT2D eigenvalue weighted by Crippen LogP contribution is 2.39. The summed E-state index contributed by atoms with van der Waals surface area (Å²) in [5, 5.41) is 9.54. The number of rotatable bonds is 3. The highest BCUT2D eigenvalue weighted by Gasteiger charge is 2.27. The molecule has 0 aromatic heterocycles. The van der Waals surface area contributed by atoms with E-state index in [4.69, 9.17) is 4.74 Å². The fraction of sp³-hybridized carbons (Fsp3) is 0.333. The van der Waals surface area contributed by atoms with E-state index in [0.29, 0.717) is 6.61 Å². The van der Waals surface area contributed by atoms with Crippen molar-refractivity contribution in [3.63, 3.8) is 0 Å². The van der Waals surface area contributed by atoms with Crippen molar-refractivity contribution in [3.05, 3.63) is 41.5 Å². The first-order valence-electron chi connectivity index (χ1n) is 4.86. The molecule has 14 heavy (non-hydrogen) atoms. The number of benzene rings is 1. The van der Waals surface area contributed by atoms with Gasteiger partial charge in [0.05, 0.1) is 6.10 Å². The zero-order chi connectivity index (χ0) is 9.97. The predicted molar refractivity (Wildman–Crippen MR) is 55.4 cm³/mol. The Bertz CT molecular complexity index is 355. The van der Waals surface area contributed by atoms with Gasteiger partial charge in [0.1, 0.15) is 12.4 Å². The van der Waals surface area contributed by atoms with Gasteiger partial charge in [-0.3, -0.25) is 0 Å².